The Kier molecular flexibility index (Phi) is 3.13. The Morgan fingerprint density at radius 1 is 1.21 bits per heavy atom. The van der Waals surface area contributed by atoms with Crippen molar-refractivity contribution in [2.45, 2.75) is 12.3 Å². The molecule has 0 fully saturated rings. The van der Waals surface area contributed by atoms with E-state index in [0.717, 1.165) is 12.1 Å². The van der Waals surface area contributed by atoms with E-state index >= 15 is 0 Å². The molecule has 0 aromatic heterocycles. The number of benzene rings is 1. The highest BCUT2D eigenvalue weighted by atomic mass is 19.4. The van der Waals surface area contributed by atoms with Crippen LogP contribution in [-0.2, 0) is 6.18 Å². The Hall–Kier alpha value is -1.07. The molecule has 3 N–H and O–H groups in total. The van der Waals surface area contributed by atoms with E-state index in [1.54, 1.807) is 0 Å². The molecule has 1 aromatic rings. The van der Waals surface area contributed by atoms with Crippen molar-refractivity contribution >= 4 is 0 Å². The molecule has 78 valence electrons. The van der Waals surface area contributed by atoms with Crippen LogP contribution < -0.4 is 5.73 Å². The van der Waals surface area contributed by atoms with Crippen LogP contribution in [0.1, 0.15) is 17.2 Å². The van der Waals surface area contributed by atoms with Gasteiger partial charge < -0.3 is 10.8 Å². The van der Waals surface area contributed by atoms with E-state index in [9.17, 15) is 18.3 Å². The molecule has 0 radical (unpaired) electrons. The fraction of sp³-hybridized carbons (Fsp3) is 0.333. The fourth-order valence-corrected chi connectivity index (χ4v) is 1.03. The van der Waals surface area contributed by atoms with Gasteiger partial charge in [0.15, 0.2) is 0 Å². The highest BCUT2D eigenvalue weighted by Crippen LogP contribution is 2.29. The summed E-state index contributed by atoms with van der Waals surface area (Å²) in [7, 11) is 0. The van der Waals surface area contributed by atoms with Crippen molar-refractivity contribution < 1.29 is 18.3 Å². The Labute approximate surface area is 79.2 Å². The second-order valence-electron chi connectivity index (χ2n) is 2.87. The number of hydrogen-bond donors (Lipinski definition) is 2. The minimum atomic E-state index is -4.34. The third-order valence-electron chi connectivity index (χ3n) is 1.85. The number of halogens is 3. The maximum absolute atomic E-state index is 12.1. The van der Waals surface area contributed by atoms with Crippen LogP contribution in [0.3, 0.4) is 0 Å². The lowest BCUT2D eigenvalue weighted by molar-refractivity contribution is -0.137. The molecule has 0 saturated heterocycles. The largest absolute Gasteiger partial charge is 0.416 e. The smallest absolute Gasteiger partial charge is 0.387 e. The van der Waals surface area contributed by atoms with Gasteiger partial charge in [0.25, 0.3) is 0 Å². The molecule has 14 heavy (non-hydrogen) atoms. The second-order valence-corrected chi connectivity index (χ2v) is 2.87. The van der Waals surface area contributed by atoms with Gasteiger partial charge in [0, 0.05) is 6.54 Å². The Balaban J connectivity index is 2.89. The Morgan fingerprint density at radius 3 is 2.07 bits per heavy atom. The number of nitrogens with two attached hydrogens (primary N) is 1. The first kappa shape index (κ1) is 11.0. The number of alkyl halides is 3. The zero-order chi connectivity index (χ0) is 10.8. The van der Waals surface area contributed by atoms with Gasteiger partial charge in [-0.25, -0.2) is 0 Å². The van der Waals surface area contributed by atoms with Gasteiger partial charge in [0.05, 0.1) is 11.7 Å². The molecule has 2 nitrogen and oxygen atoms in total. The molecule has 0 aliphatic rings. The monoisotopic (exact) mass is 205 g/mol. The molecule has 0 unspecified atom stereocenters. The molecule has 0 aliphatic heterocycles. The standard InChI is InChI=1S/C9H10F3NO/c10-9(11,12)7-3-1-6(2-4-7)8(14)5-13/h1-4,8,14H,5,13H2/t8-/m0/s1. The maximum Gasteiger partial charge on any atom is 0.416 e. The molecule has 0 saturated carbocycles. The van der Waals surface area contributed by atoms with Crippen LogP contribution in [0.15, 0.2) is 24.3 Å². The van der Waals surface area contributed by atoms with Gasteiger partial charge in [0.2, 0.25) is 0 Å². The molecule has 1 rings (SSSR count). The van der Waals surface area contributed by atoms with E-state index < -0.39 is 17.8 Å². The molecular weight excluding hydrogens is 195 g/mol. The summed E-state index contributed by atoms with van der Waals surface area (Å²) in [5.74, 6) is 0. The van der Waals surface area contributed by atoms with Gasteiger partial charge in [-0.3, -0.25) is 0 Å². The average Bonchev–Trinajstić information content (AvgIpc) is 2.15. The van der Waals surface area contributed by atoms with Crippen LogP contribution in [0.25, 0.3) is 0 Å². The normalized spacial score (nSPS) is 14.1. The first-order chi connectivity index (χ1) is 6.45. The molecule has 0 heterocycles. The SMILES string of the molecule is NC[C@H](O)c1ccc(C(F)(F)F)cc1. The zero-order valence-corrected chi connectivity index (χ0v) is 7.25. The summed E-state index contributed by atoms with van der Waals surface area (Å²) < 4.78 is 36.3. The quantitative estimate of drug-likeness (QED) is 0.771. The van der Waals surface area contributed by atoms with Gasteiger partial charge in [-0.1, -0.05) is 12.1 Å². The van der Waals surface area contributed by atoms with Gasteiger partial charge in [0.1, 0.15) is 0 Å². The van der Waals surface area contributed by atoms with Crippen molar-refractivity contribution in [3.8, 4) is 0 Å². The summed E-state index contributed by atoms with van der Waals surface area (Å²) in [5, 5.41) is 9.22. The van der Waals surface area contributed by atoms with Crippen LogP contribution in [-0.4, -0.2) is 11.7 Å². The van der Waals surface area contributed by atoms with Crippen LogP contribution in [0.5, 0.6) is 0 Å². The number of aliphatic hydroxyl groups excluding tert-OH is 1. The molecule has 1 atom stereocenters. The number of aliphatic hydroxyl groups is 1. The van der Waals surface area contributed by atoms with Crippen molar-refractivity contribution in [3.63, 3.8) is 0 Å². The van der Waals surface area contributed by atoms with E-state index in [1.807, 2.05) is 0 Å². The minimum absolute atomic E-state index is 0.00857. The number of hydrogen-bond acceptors (Lipinski definition) is 2. The van der Waals surface area contributed by atoms with E-state index in [2.05, 4.69) is 0 Å². The highest BCUT2D eigenvalue weighted by molar-refractivity contribution is 5.26. The molecule has 0 spiro atoms. The van der Waals surface area contributed by atoms with Crippen LogP contribution in [0, 0.1) is 0 Å². The summed E-state index contributed by atoms with van der Waals surface area (Å²) in [6, 6.07) is 4.29. The van der Waals surface area contributed by atoms with E-state index in [1.165, 1.54) is 12.1 Å². The fourth-order valence-electron chi connectivity index (χ4n) is 1.03. The first-order valence-corrected chi connectivity index (χ1v) is 4.00. The van der Waals surface area contributed by atoms with Crippen molar-refractivity contribution in [1.82, 2.24) is 0 Å². The maximum atomic E-state index is 12.1. The predicted octanol–water partition coefficient (Wildman–Crippen LogP) is 1.70. The lowest BCUT2D eigenvalue weighted by Crippen LogP contribution is -2.12. The van der Waals surface area contributed by atoms with Crippen molar-refractivity contribution in [2.24, 2.45) is 5.73 Å². The second kappa shape index (κ2) is 3.98. The van der Waals surface area contributed by atoms with Crippen LogP contribution in [0.4, 0.5) is 13.2 Å². The third-order valence-corrected chi connectivity index (χ3v) is 1.85. The number of rotatable bonds is 2. The van der Waals surface area contributed by atoms with Crippen molar-refractivity contribution in [2.75, 3.05) is 6.54 Å². The van der Waals surface area contributed by atoms with E-state index in [0.29, 0.717) is 5.56 Å². The lowest BCUT2D eigenvalue weighted by atomic mass is 10.1. The topological polar surface area (TPSA) is 46.2 Å². The summed E-state index contributed by atoms with van der Waals surface area (Å²) in [5.41, 5.74) is 4.81. The summed E-state index contributed by atoms with van der Waals surface area (Å²) in [6.45, 7) is -0.00857. The van der Waals surface area contributed by atoms with Crippen LogP contribution in [0.2, 0.25) is 0 Å². The van der Waals surface area contributed by atoms with Gasteiger partial charge in [-0.2, -0.15) is 13.2 Å². The van der Waals surface area contributed by atoms with E-state index in [4.69, 9.17) is 5.73 Å². The molecule has 1 aromatic carbocycles. The third kappa shape index (κ3) is 2.46. The van der Waals surface area contributed by atoms with Gasteiger partial charge in [-0.05, 0) is 17.7 Å². The van der Waals surface area contributed by atoms with Crippen molar-refractivity contribution in [3.05, 3.63) is 35.4 Å². The predicted molar refractivity (Wildman–Crippen MR) is 45.5 cm³/mol. The summed E-state index contributed by atoms with van der Waals surface area (Å²) >= 11 is 0. The highest BCUT2D eigenvalue weighted by Gasteiger charge is 2.30. The minimum Gasteiger partial charge on any atom is -0.387 e. The van der Waals surface area contributed by atoms with Gasteiger partial charge >= 0.3 is 6.18 Å². The van der Waals surface area contributed by atoms with Gasteiger partial charge in [-0.15, -0.1) is 0 Å². The first-order valence-electron chi connectivity index (χ1n) is 4.00. The molecule has 5 heteroatoms. The average molecular weight is 205 g/mol. The lowest BCUT2D eigenvalue weighted by Gasteiger charge is -2.10. The Morgan fingerprint density at radius 2 is 1.71 bits per heavy atom. The molecule has 0 bridgehead atoms. The zero-order valence-electron chi connectivity index (χ0n) is 7.25. The van der Waals surface area contributed by atoms with Crippen LogP contribution >= 0.6 is 0 Å². The molecule has 0 aliphatic carbocycles. The Bertz CT molecular complexity index is 294. The summed E-state index contributed by atoms with van der Waals surface area (Å²) in [6.07, 6.45) is -5.25. The van der Waals surface area contributed by atoms with E-state index in [-0.39, 0.29) is 6.54 Å². The molecular formula is C9H10F3NO. The summed E-state index contributed by atoms with van der Waals surface area (Å²) in [4.78, 5) is 0. The van der Waals surface area contributed by atoms with Crippen molar-refractivity contribution in [1.29, 1.82) is 0 Å². The molecule has 0 amide bonds.